The van der Waals surface area contributed by atoms with E-state index in [0.29, 0.717) is 0 Å². The Kier molecular flexibility index (Phi) is 5.58. The molecule has 0 atom stereocenters. The van der Waals surface area contributed by atoms with Crippen molar-refractivity contribution in [1.29, 1.82) is 0 Å². The first kappa shape index (κ1) is 20.9. The largest absolute Gasteiger partial charge is 0.310 e. The van der Waals surface area contributed by atoms with Crippen LogP contribution < -0.4 is 4.90 Å². The van der Waals surface area contributed by atoms with Crippen molar-refractivity contribution in [2.75, 3.05) is 4.90 Å². The predicted octanol–water partition coefficient (Wildman–Crippen LogP) is 9.23. The Balaban J connectivity index is 1.51. The number of anilines is 3. The van der Waals surface area contributed by atoms with Gasteiger partial charge in [-0.15, -0.1) is 0 Å². The lowest BCUT2D eigenvalue weighted by Gasteiger charge is -2.25. The molecule has 0 aliphatic heterocycles. The monoisotopic (exact) mass is 447 g/mol. The molecule has 0 saturated heterocycles. The molecular weight excluding hydrogens is 422 g/mol. The first-order chi connectivity index (χ1) is 17.4. The van der Waals surface area contributed by atoms with Crippen molar-refractivity contribution in [1.82, 2.24) is 0 Å². The second-order valence-corrected chi connectivity index (χ2v) is 8.67. The predicted molar refractivity (Wildman–Crippen MR) is 150 cm³/mol. The maximum Gasteiger partial charge on any atom is 0.0467 e. The number of hydrogen-bond donors (Lipinski definition) is 0. The molecule has 0 bridgehead atoms. The summed E-state index contributed by atoms with van der Waals surface area (Å²) in [6.07, 6.45) is 6.76. The van der Waals surface area contributed by atoms with Crippen LogP contribution in [0.5, 0.6) is 0 Å². The van der Waals surface area contributed by atoms with Crippen molar-refractivity contribution in [2.24, 2.45) is 0 Å². The third-order valence-electron chi connectivity index (χ3n) is 6.41. The topological polar surface area (TPSA) is 3.24 Å². The molecule has 0 unspecified atom stereocenters. The van der Waals surface area contributed by atoms with Gasteiger partial charge in [-0.25, -0.2) is 0 Å². The van der Waals surface area contributed by atoms with Crippen LogP contribution in [0.2, 0.25) is 0 Å². The standard InChI is InChI=1S/C34H25N/c1-3-15-29(16-4-1)35(30-17-5-2-6-18-30)31-19-11-12-26(24-31)25-34-32-20-9-7-13-27(32)22-23-28-14-8-10-21-33(28)34/h1-25H. The Morgan fingerprint density at radius 1 is 0.429 bits per heavy atom. The Morgan fingerprint density at radius 3 is 1.49 bits per heavy atom. The highest BCUT2D eigenvalue weighted by atomic mass is 15.1. The van der Waals surface area contributed by atoms with Gasteiger partial charge < -0.3 is 4.90 Å². The average Bonchev–Trinajstić information content (AvgIpc) is 3.08. The molecule has 35 heavy (non-hydrogen) atoms. The van der Waals surface area contributed by atoms with Crippen LogP contribution in [0.25, 0.3) is 23.8 Å². The number of benzene rings is 5. The lowest BCUT2D eigenvalue weighted by molar-refractivity contribution is 1.28. The van der Waals surface area contributed by atoms with Crippen LogP contribution in [0, 0.1) is 0 Å². The van der Waals surface area contributed by atoms with E-state index >= 15 is 0 Å². The highest BCUT2D eigenvalue weighted by molar-refractivity contribution is 6.00. The average molecular weight is 448 g/mol. The fourth-order valence-corrected chi connectivity index (χ4v) is 4.78. The first-order valence-electron chi connectivity index (χ1n) is 12.0. The van der Waals surface area contributed by atoms with Gasteiger partial charge in [0, 0.05) is 17.1 Å². The summed E-state index contributed by atoms with van der Waals surface area (Å²) in [4.78, 5) is 2.30. The molecule has 0 N–H and O–H groups in total. The molecule has 0 amide bonds. The van der Waals surface area contributed by atoms with Crippen molar-refractivity contribution < 1.29 is 0 Å². The van der Waals surface area contributed by atoms with E-state index in [9.17, 15) is 0 Å². The quantitative estimate of drug-likeness (QED) is 0.260. The van der Waals surface area contributed by atoms with Crippen LogP contribution in [0.3, 0.4) is 0 Å². The molecule has 5 aromatic rings. The maximum atomic E-state index is 2.32. The zero-order valence-corrected chi connectivity index (χ0v) is 19.4. The van der Waals surface area contributed by atoms with E-state index in [1.165, 1.54) is 33.4 Å². The van der Waals surface area contributed by atoms with E-state index in [4.69, 9.17) is 0 Å². The molecule has 1 nitrogen and oxygen atoms in total. The van der Waals surface area contributed by atoms with Gasteiger partial charge >= 0.3 is 0 Å². The smallest absolute Gasteiger partial charge is 0.0467 e. The van der Waals surface area contributed by atoms with Gasteiger partial charge in [0.25, 0.3) is 0 Å². The normalized spacial score (nSPS) is 11.8. The lowest BCUT2D eigenvalue weighted by atomic mass is 9.92. The summed E-state index contributed by atoms with van der Waals surface area (Å²) in [5, 5.41) is 0. The summed E-state index contributed by atoms with van der Waals surface area (Å²) in [7, 11) is 0. The maximum absolute atomic E-state index is 2.32. The van der Waals surface area contributed by atoms with Crippen molar-refractivity contribution in [3.8, 4) is 0 Å². The summed E-state index contributed by atoms with van der Waals surface area (Å²) >= 11 is 0. The Hall–Kier alpha value is -4.62. The molecule has 5 aromatic carbocycles. The van der Waals surface area contributed by atoms with Gasteiger partial charge in [0.05, 0.1) is 0 Å². The van der Waals surface area contributed by atoms with Crippen LogP contribution in [0.15, 0.2) is 133 Å². The van der Waals surface area contributed by atoms with E-state index in [2.05, 4.69) is 157 Å². The van der Waals surface area contributed by atoms with Gasteiger partial charge in [-0.05, 0) is 75.9 Å². The minimum absolute atomic E-state index is 1.13. The summed E-state index contributed by atoms with van der Waals surface area (Å²) < 4.78 is 0. The third kappa shape index (κ3) is 4.20. The number of fused-ring (bicyclic) bond motifs is 2. The third-order valence-corrected chi connectivity index (χ3v) is 6.41. The van der Waals surface area contributed by atoms with Crippen LogP contribution in [0.4, 0.5) is 17.1 Å². The van der Waals surface area contributed by atoms with E-state index in [1.807, 2.05) is 0 Å². The van der Waals surface area contributed by atoms with Gasteiger partial charge in [0.2, 0.25) is 0 Å². The molecule has 0 spiro atoms. The minimum Gasteiger partial charge on any atom is -0.310 e. The van der Waals surface area contributed by atoms with E-state index in [0.717, 1.165) is 17.1 Å². The first-order valence-corrected chi connectivity index (χ1v) is 12.0. The molecule has 6 rings (SSSR count). The molecule has 1 aliphatic rings. The molecule has 0 radical (unpaired) electrons. The van der Waals surface area contributed by atoms with Crippen LogP contribution in [-0.4, -0.2) is 0 Å². The number of rotatable bonds is 4. The zero-order chi connectivity index (χ0) is 23.5. The fraction of sp³-hybridized carbons (Fsp3) is 0. The Labute approximate surface area is 206 Å². The summed E-state index contributed by atoms with van der Waals surface area (Å²) in [6, 6.07) is 47.1. The highest BCUT2D eigenvalue weighted by Gasteiger charge is 2.16. The van der Waals surface area contributed by atoms with Crippen LogP contribution >= 0.6 is 0 Å². The molecule has 0 fully saturated rings. The number of hydrogen-bond acceptors (Lipinski definition) is 1. The molecule has 0 saturated carbocycles. The summed E-state index contributed by atoms with van der Waals surface area (Å²) in [5.41, 5.74) is 10.8. The molecule has 0 aromatic heterocycles. The second-order valence-electron chi connectivity index (χ2n) is 8.67. The summed E-state index contributed by atoms with van der Waals surface area (Å²) in [5.74, 6) is 0. The molecule has 0 heterocycles. The molecule has 1 aliphatic carbocycles. The van der Waals surface area contributed by atoms with Crippen LogP contribution in [-0.2, 0) is 0 Å². The number of para-hydroxylation sites is 2. The lowest BCUT2D eigenvalue weighted by Crippen LogP contribution is -2.09. The van der Waals surface area contributed by atoms with Gasteiger partial charge in [-0.2, -0.15) is 0 Å². The van der Waals surface area contributed by atoms with Gasteiger partial charge in [0.15, 0.2) is 0 Å². The van der Waals surface area contributed by atoms with E-state index in [1.54, 1.807) is 0 Å². The molecule has 1 heteroatoms. The molecule has 166 valence electrons. The number of nitrogens with zero attached hydrogens (tertiary/aromatic N) is 1. The van der Waals surface area contributed by atoms with E-state index < -0.39 is 0 Å². The van der Waals surface area contributed by atoms with Crippen molar-refractivity contribution >= 4 is 40.9 Å². The van der Waals surface area contributed by atoms with Crippen molar-refractivity contribution in [3.05, 3.63) is 161 Å². The second kappa shape index (κ2) is 9.32. The van der Waals surface area contributed by atoms with Gasteiger partial charge in [-0.1, -0.05) is 109 Å². The summed E-state index contributed by atoms with van der Waals surface area (Å²) in [6.45, 7) is 0. The minimum atomic E-state index is 1.13. The van der Waals surface area contributed by atoms with Gasteiger partial charge in [0.1, 0.15) is 0 Å². The zero-order valence-electron chi connectivity index (χ0n) is 19.4. The van der Waals surface area contributed by atoms with Crippen molar-refractivity contribution in [2.45, 2.75) is 0 Å². The SMILES string of the molecule is C1=Cc2ccccc2C(=Cc2cccc(N(c3ccccc3)c3ccccc3)c2)c2ccccc21. The Morgan fingerprint density at radius 2 is 0.914 bits per heavy atom. The molecular formula is C34H25N. The van der Waals surface area contributed by atoms with Crippen molar-refractivity contribution in [3.63, 3.8) is 0 Å². The van der Waals surface area contributed by atoms with E-state index in [-0.39, 0.29) is 0 Å². The highest BCUT2D eigenvalue weighted by Crippen LogP contribution is 2.37. The van der Waals surface area contributed by atoms with Gasteiger partial charge in [-0.3, -0.25) is 0 Å². The Bertz CT molecular complexity index is 1440. The van der Waals surface area contributed by atoms with Crippen LogP contribution in [0.1, 0.15) is 27.8 Å². The fourth-order valence-electron chi connectivity index (χ4n) is 4.78.